The molecule has 3 aromatic rings. The van der Waals surface area contributed by atoms with Gasteiger partial charge in [-0.15, -0.1) is 11.3 Å². The van der Waals surface area contributed by atoms with Gasteiger partial charge in [-0.2, -0.15) is 5.26 Å². The van der Waals surface area contributed by atoms with Crippen LogP contribution in [-0.4, -0.2) is 25.5 Å². The molecule has 1 aliphatic heterocycles. The highest BCUT2D eigenvalue weighted by molar-refractivity contribution is 7.12. The number of hydrogen-bond donors (Lipinski definition) is 0. The maximum Gasteiger partial charge on any atom is 0.353 e. The number of rotatable bonds is 5. The molecule has 2 aromatic carbocycles. The highest BCUT2D eigenvalue weighted by atomic mass is 32.1. The van der Waals surface area contributed by atoms with Crippen molar-refractivity contribution in [2.45, 2.75) is 6.42 Å². The molecule has 7 heteroatoms. The van der Waals surface area contributed by atoms with Crippen LogP contribution in [0.5, 0.6) is 11.5 Å². The molecule has 154 valence electrons. The average molecular weight is 430 g/mol. The summed E-state index contributed by atoms with van der Waals surface area (Å²) in [4.78, 5) is 27.3. The number of esters is 1. The van der Waals surface area contributed by atoms with Crippen molar-refractivity contribution in [3.8, 4) is 17.6 Å². The number of carbonyl (C=O) groups is 2. The van der Waals surface area contributed by atoms with Gasteiger partial charge in [0, 0.05) is 12.2 Å². The summed E-state index contributed by atoms with van der Waals surface area (Å²) in [6.45, 7) is 0.540. The molecule has 0 fully saturated rings. The Morgan fingerprint density at radius 3 is 2.71 bits per heavy atom. The predicted molar refractivity (Wildman–Crippen MR) is 118 cm³/mol. The number of amides is 1. The standard InChI is InChI=1S/C24H18N2O4S/c1-29-21-14-16(8-9-20(21)30-24(28)22-7-4-12-31-22)13-18(15-25)23(27)26-11-10-17-5-2-3-6-19(17)26/h2-9,12-14H,10-11H2,1H3. The lowest BCUT2D eigenvalue weighted by Gasteiger charge is -2.16. The van der Waals surface area contributed by atoms with Crippen LogP contribution in [-0.2, 0) is 11.2 Å². The minimum atomic E-state index is -0.475. The quantitative estimate of drug-likeness (QED) is 0.258. The first kappa shape index (κ1) is 20.4. The Balaban J connectivity index is 1.57. The third kappa shape index (κ3) is 4.20. The van der Waals surface area contributed by atoms with E-state index in [9.17, 15) is 14.9 Å². The van der Waals surface area contributed by atoms with E-state index < -0.39 is 5.97 Å². The summed E-state index contributed by atoms with van der Waals surface area (Å²) in [5, 5.41) is 11.4. The SMILES string of the molecule is COc1cc(C=C(C#N)C(=O)N2CCc3ccccc32)ccc1OC(=O)c1cccs1. The van der Waals surface area contributed by atoms with Gasteiger partial charge in [-0.3, -0.25) is 4.79 Å². The highest BCUT2D eigenvalue weighted by Gasteiger charge is 2.26. The number of carbonyl (C=O) groups excluding carboxylic acids is 2. The normalized spacial score (nSPS) is 12.8. The third-order valence-corrected chi connectivity index (χ3v) is 5.76. The van der Waals surface area contributed by atoms with Crippen LogP contribution >= 0.6 is 11.3 Å². The number of nitriles is 1. The van der Waals surface area contributed by atoms with E-state index in [1.165, 1.54) is 24.5 Å². The minimum absolute atomic E-state index is 0.0158. The second-order valence-corrected chi connectivity index (χ2v) is 7.73. The molecule has 0 saturated heterocycles. The average Bonchev–Trinajstić information content (AvgIpc) is 3.48. The van der Waals surface area contributed by atoms with E-state index in [-0.39, 0.29) is 17.2 Å². The molecule has 1 aliphatic rings. The number of benzene rings is 2. The van der Waals surface area contributed by atoms with E-state index in [2.05, 4.69) is 0 Å². The molecule has 0 aliphatic carbocycles. The summed E-state index contributed by atoms with van der Waals surface area (Å²) in [5.41, 5.74) is 2.53. The van der Waals surface area contributed by atoms with Crippen molar-refractivity contribution in [1.29, 1.82) is 5.26 Å². The number of ether oxygens (including phenoxy) is 2. The summed E-state index contributed by atoms with van der Waals surface area (Å²) < 4.78 is 10.8. The van der Waals surface area contributed by atoms with Crippen molar-refractivity contribution in [3.63, 3.8) is 0 Å². The molecule has 1 amide bonds. The van der Waals surface area contributed by atoms with Crippen LogP contribution in [0.25, 0.3) is 6.08 Å². The highest BCUT2D eigenvalue weighted by Crippen LogP contribution is 2.31. The zero-order valence-electron chi connectivity index (χ0n) is 16.7. The molecule has 0 atom stereocenters. The third-order valence-electron chi connectivity index (χ3n) is 4.91. The Bertz CT molecular complexity index is 1210. The maximum absolute atomic E-state index is 13.0. The van der Waals surface area contributed by atoms with Gasteiger partial charge in [0.1, 0.15) is 16.5 Å². The number of anilines is 1. The fourth-order valence-electron chi connectivity index (χ4n) is 3.41. The van der Waals surface area contributed by atoms with E-state index in [4.69, 9.17) is 9.47 Å². The largest absolute Gasteiger partial charge is 0.493 e. The summed E-state index contributed by atoms with van der Waals surface area (Å²) in [6, 6.07) is 18.0. The van der Waals surface area contributed by atoms with Gasteiger partial charge in [0.2, 0.25) is 0 Å². The Morgan fingerprint density at radius 1 is 1.13 bits per heavy atom. The first-order valence-corrected chi connectivity index (χ1v) is 10.4. The van der Waals surface area contributed by atoms with Crippen molar-refractivity contribution in [3.05, 3.63) is 81.6 Å². The van der Waals surface area contributed by atoms with E-state index in [0.717, 1.165) is 17.7 Å². The first-order chi connectivity index (χ1) is 15.1. The Kier molecular flexibility index (Phi) is 5.83. The molecular weight excluding hydrogens is 412 g/mol. The second kappa shape index (κ2) is 8.86. The van der Waals surface area contributed by atoms with Gasteiger partial charge in [-0.1, -0.05) is 30.3 Å². The lowest BCUT2D eigenvalue weighted by atomic mass is 10.1. The van der Waals surface area contributed by atoms with Crippen LogP contribution in [0.15, 0.2) is 65.6 Å². The molecule has 0 N–H and O–H groups in total. The minimum Gasteiger partial charge on any atom is -0.493 e. The van der Waals surface area contributed by atoms with Crippen molar-refractivity contribution in [2.75, 3.05) is 18.6 Å². The van der Waals surface area contributed by atoms with Crippen molar-refractivity contribution in [1.82, 2.24) is 0 Å². The number of hydrogen-bond acceptors (Lipinski definition) is 6. The van der Waals surface area contributed by atoms with Crippen LogP contribution in [0.1, 0.15) is 20.8 Å². The van der Waals surface area contributed by atoms with E-state index >= 15 is 0 Å². The van der Waals surface area contributed by atoms with Crippen LogP contribution in [0.4, 0.5) is 5.69 Å². The topological polar surface area (TPSA) is 79.6 Å². The van der Waals surface area contributed by atoms with Crippen LogP contribution < -0.4 is 14.4 Å². The Morgan fingerprint density at radius 2 is 1.97 bits per heavy atom. The predicted octanol–water partition coefficient (Wildman–Crippen LogP) is 4.47. The lowest BCUT2D eigenvalue weighted by molar-refractivity contribution is -0.114. The Hall–Kier alpha value is -3.89. The number of nitrogens with zero attached hydrogens (tertiary/aromatic N) is 2. The maximum atomic E-state index is 13.0. The zero-order chi connectivity index (χ0) is 21.8. The molecule has 0 bridgehead atoms. The summed E-state index contributed by atoms with van der Waals surface area (Å²) in [5.74, 6) is -0.233. The zero-order valence-corrected chi connectivity index (χ0v) is 17.5. The van der Waals surface area contributed by atoms with E-state index in [1.807, 2.05) is 30.3 Å². The van der Waals surface area contributed by atoms with Crippen molar-refractivity contribution in [2.24, 2.45) is 0 Å². The lowest BCUT2D eigenvalue weighted by Crippen LogP contribution is -2.29. The van der Waals surface area contributed by atoms with E-state index in [1.54, 1.807) is 40.6 Å². The summed E-state index contributed by atoms with van der Waals surface area (Å²) in [7, 11) is 1.46. The smallest absolute Gasteiger partial charge is 0.353 e. The molecule has 0 saturated carbocycles. The van der Waals surface area contributed by atoms with Crippen LogP contribution in [0.3, 0.4) is 0 Å². The molecular formula is C24H18N2O4S. The van der Waals surface area contributed by atoms with Gasteiger partial charge < -0.3 is 14.4 Å². The van der Waals surface area contributed by atoms with Gasteiger partial charge in [-0.05, 0) is 53.3 Å². The molecule has 0 spiro atoms. The molecule has 6 nitrogen and oxygen atoms in total. The van der Waals surface area contributed by atoms with Crippen molar-refractivity contribution < 1.29 is 19.1 Å². The first-order valence-electron chi connectivity index (χ1n) is 9.56. The molecule has 2 heterocycles. The molecule has 31 heavy (non-hydrogen) atoms. The van der Waals surface area contributed by atoms with Gasteiger partial charge >= 0.3 is 5.97 Å². The van der Waals surface area contributed by atoms with Crippen LogP contribution in [0.2, 0.25) is 0 Å². The summed E-state index contributed by atoms with van der Waals surface area (Å²) >= 11 is 1.29. The number of methoxy groups -OCH3 is 1. The monoisotopic (exact) mass is 430 g/mol. The van der Waals surface area contributed by atoms with Gasteiger partial charge in [0.25, 0.3) is 5.91 Å². The van der Waals surface area contributed by atoms with Gasteiger partial charge in [0.05, 0.1) is 7.11 Å². The van der Waals surface area contributed by atoms with Gasteiger partial charge in [0.15, 0.2) is 11.5 Å². The number of fused-ring (bicyclic) bond motifs is 1. The second-order valence-electron chi connectivity index (χ2n) is 6.78. The van der Waals surface area contributed by atoms with Crippen molar-refractivity contribution >= 4 is 35.0 Å². The Labute approximate surface area is 183 Å². The summed E-state index contributed by atoms with van der Waals surface area (Å²) in [6.07, 6.45) is 2.27. The molecule has 4 rings (SSSR count). The molecule has 1 aromatic heterocycles. The molecule has 0 unspecified atom stereocenters. The van der Waals surface area contributed by atoms with E-state index in [0.29, 0.717) is 22.7 Å². The van der Waals surface area contributed by atoms with Gasteiger partial charge in [-0.25, -0.2) is 4.79 Å². The fourth-order valence-corrected chi connectivity index (χ4v) is 4.01. The number of thiophene rings is 1. The molecule has 0 radical (unpaired) electrons. The number of para-hydroxylation sites is 1. The fraction of sp³-hybridized carbons (Fsp3) is 0.125. The van der Waals surface area contributed by atoms with Crippen LogP contribution in [0, 0.1) is 11.3 Å².